The second-order valence-corrected chi connectivity index (χ2v) is 3.85. The van der Waals surface area contributed by atoms with Crippen molar-refractivity contribution in [3.63, 3.8) is 0 Å². The van der Waals surface area contributed by atoms with Crippen molar-refractivity contribution in [3.8, 4) is 5.75 Å². The highest BCUT2D eigenvalue weighted by atomic mass is 79.9. The number of carbonyl (C=O) groups is 1. The Labute approximate surface area is 94.3 Å². The molecule has 0 aromatic heterocycles. The van der Waals surface area contributed by atoms with Gasteiger partial charge in [0.1, 0.15) is 5.75 Å². The molecule has 14 heavy (non-hydrogen) atoms. The molecule has 1 aromatic rings. The number of hydrogen-bond donors (Lipinski definition) is 2. The standard InChI is InChI=1S/C9H7BrClNO2/c10-7-4-6(11)3-5(9(7)14)1-2-8(12)13/h1-4,14H,(H2,12,13)/b2-1-. The Bertz CT molecular complexity index is 404. The number of primary amides is 1. The second kappa shape index (κ2) is 4.48. The molecule has 0 saturated heterocycles. The van der Waals surface area contributed by atoms with Gasteiger partial charge in [0.2, 0.25) is 5.91 Å². The third-order valence-electron chi connectivity index (χ3n) is 1.48. The van der Waals surface area contributed by atoms with E-state index in [-0.39, 0.29) is 5.75 Å². The monoisotopic (exact) mass is 275 g/mol. The van der Waals surface area contributed by atoms with Crippen molar-refractivity contribution in [2.45, 2.75) is 0 Å². The summed E-state index contributed by atoms with van der Waals surface area (Å²) in [4.78, 5) is 10.5. The van der Waals surface area contributed by atoms with Crippen LogP contribution in [-0.4, -0.2) is 11.0 Å². The fourth-order valence-corrected chi connectivity index (χ4v) is 1.72. The van der Waals surface area contributed by atoms with Crippen LogP contribution in [-0.2, 0) is 4.79 Å². The predicted octanol–water partition coefficient (Wildman–Crippen LogP) is 2.31. The normalized spacial score (nSPS) is 10.7. The molecule has 0 aliphatic heterocycles. The first-order chi connectivity index (χ1) is 6.50. The number of aromatic hydroxyl groups is 1. The summed E-state index contributed by atoms with van der Waals surface area (Å²) in [6.45, 7) is 0. The van der Waals surface area contributed by atoms with Crippen LogP contribution < -0.4 is 5.73 Å². The Kier molecular flexibility index (Phi) is 3.55. The molecule has 0 heterocycles. The molecule has 1 rings (SSSR count). The Morgan fingerprint density at radius 2 is 2.21 bits per heavy atom. The largest absolute Gasteiger partial charge is 0.506 e. The number of rotatable bonds is 2. The molecule has 0 unspecified atom stereocenters. The Balaban J connectivity index is 3.14. The molecule has 0 fully saturated rings. The van der Waals surface area contributed by atoms with Crippen LogP contribution in [0.2, 0.25) is 5.02 Å². The molecule has 1 amide bonds. The number of carbonyl (C=O) groups excluding carboxylic acids is 1. The highest BCUT2D eigenvalue weighted by Gasteiger charge is 2.04. The van der Waals surface area contributed by atoms with Gasteiger partial charge in [-0.05, 0) is 34.1 Å². The molecule has 5 heteroatoms. The van der Waals surface area contributed by atoms with Crippen LogP contribution in [0.3, 0.4) is 0 Å². The second-order valence-electron chi connectivity index (χ2n) is 2.56. The van der Waals surface area contributed by atoms with Gasteiger partial charge in [0.15, 0.2) is 0 Å². The topological polar surface area (TPSA) is 63.3 Å². The minimum Gasteiger partial charge on any atom is -0.506 e. The molecular weight excluding hydrogens is 269 g/mol. The number of hydrogen-bond acceptors (Lipinski definition) is 2. The zero-order chi connectivity index (χ0) is 10.7. The lowest BCUT2D eigenvalue weighted by Crippen LogP contribution is -2.05. The average Bonchev–Trinajstić information content (AvgIpc) is 2.08. The van der Waals surface area contributed by atoms with Crippen molar-refractivity contribution in [2.75, 3.05) is 0 Å². The summed E-state index contributed by atoms with van der Waals surface area (Å²) in [6, 6.07) is 3.08. The average molecular weight is 277 g/mol. The third-order valence-corrected chi connectivity index (χ3v) is 2.31. The number of phenolic OH excluding ortho intramolecular Hbond substituents is 1. The van der Waals surface area contributed by atoms with E-state index >= 15 is 0 Å². The Hall–Kier alpha value is -1.00. The number of benzene rings is 1. The zero-order valence-corrected chi connectivity index (χ0v) is 9.34. The number of halogens is 2. The molecule has 0 aliphatic rings. The summed E-state index contributed by atoms with van der Waals surface area (Å²) in [5.74, 6) is -0.563. The molecule has 0 bridgehead atoms. The van der Waals surface area contributed by atoms with Gasteiger partial charge < -0.3 is 10.8 Å². The van der Waals surface area contributed by atoms with Gasteiger partial charge in [0.05, 0.1) is 4.47 Å². The third kappa shape index (κ3) is 2.75. The number of amides is 1. The molecule has 3 N–H and O–H groups in total. The van der Waals surface area contributed by atoms with E-state index in [4.69, 9.17) is 17.3 Å². The van der Waals surface area contributed by atoms with Crippen molar-refractivity contribution in [2.24, 2.45) is 5.73 Å². The van der Waals surface area contributed by atoms with E-state index in [0.717, 1.165) is 6.08 Å². The van der Waals surface area contributed by atoms with Gasteiger partial charge in [0.25, 0.3) is 0 Å². The van der Waals surface area contributed by atoms with E-state index in [0.29, 0.717) is 15.1 Å². The summed E-state index contributed by atoms with van der Waals surface area (Å²) in [7, 11) is 0. The van der Waals surface area contributed by atoms with E-state index < -0.39 is 5.91 Å². The van der Waals surface area contributed by atoms with E-state index in [9.17, 15) is 9.90 Å². The minimum absolute atomic E-state index is 0.0203. The van der Waals surface area contributed by atoms with Crippen molar-refractivity contribution >= 4 is 39.5 Å². The van der Waals surface area contributed by atoms with Crippen LogP contribution in [0.4, 0.5) is 0 Å². The molecule has 74 valence electrons. The molecule has 1 aromatic carbocycles. The lowest BCUT2D eigenvalue weighted by atomic mass is 10.2. The molecule has 3 nitrogen and oxygen atoms in total. The van der Waals surface area contributed by atoms with Gasteiger partial charge in [-0.1, -0.05) is 11.6 Å². The number of phenols is 1. The summed E-state index contributed by atoms with van der Waals surface area (Å²) >= 11 is 8.87. The summed E-state index contributed by atoms with van der Waals surface area (Å²) in [6.07, 6.45) is 2.55. The van der Waals surface area contributed by atoms with Gasteiger partial charge >= 0.3 is 0 Å². The van der Waals surface area contributed by atoms with Crippen LogP contribution in [0, 0.1) is 0 Å². The number of nitrogens with two attached hydrogens (primary N) is 1. The summed E-state index contributed by atoms with van der Waals surface area (Å²) in [5.41, 5.74) is 5.35. The van der Waals surface area contributed by atoms with E-state index in [1.165, 1.54) is 12.1 Å². The van der Waals surface area contributed by atoms with Gasteiger partial charge in [-0.15, -0.1) is 0 Å². The van der Waals surface area contributed by atoms with Gasteiger partial charge in [-0.2, -0.15) is 0 Å². The molecule has 0 aliphatic carbocycles. The minimum atomic E-state index is -0.583. The van der Waals surface area contributed by atoms with Gasteiger partial charge in [0, 0.05) is 16.7 Å². The van der Waals surface area contributed by atoms with Crippen LogP contribution in [0.15, 0.2) is 22.7 Å². The van der Waals surface area contributed by atoms with Crippen molar-refractivity contribution < 1.29 is 9.90 Å². The highest BCUT2D eigenvalue weighted by Crippen LogP contribution is 2.32. The van der Waals surface area contributed by atoms with E-state index in [1.807, 2.05) is 0 Å². The Morgan fingerprint density at radius 1 is 1.57 bits per heavy atom. The molecular formula is C9H7BrClNO2. The smallest absolute Gasteiger partial charge is 0.241 e. The molecule has 0 radical (unpaired) electrons. The van der Waals surface area contributed by atoms with Crippen LogP contribution in [0.25, 0.3) is 6.08 Å². The quantitative estimate of drug-likeness (QED) is 0.814. The lowest BCUT2D eigenvalue weighted by Gasteiger charge is -2.02. The first kappa shape index (κ1) is 11.1. The molecule has 0 atom stereocenters. The zero-order valence-electron chi connectivity index (χ0n) is 7.00. The van der Waals surface area contributed by atoms with Crippen LogP contribution >= 0.6 is 27.5 Å². The van der Waals surface area contributed by atoms with E-state index in [1.54, 1.807) is 6.07 Å². The van der Waals surface area contributed by atoms with Crippen molar-refractivity contribution in [1.82, 2.24) is 0 Å². The van der Waals surface area contributed by atoms with Crippen molar-refractivity contribution in [1.29, 1.82) is 0 Å². The maximum Gasteiger partial charge on any atom is 0.241 e. The van der Waals surface area contributed by atoms with Gasteiger partial charge in [-0.3, -0.25) is 4.79 Å². The van der Waals surface area contributed by atoms with Crippen molar-refractivity contribution in [3.05, 3.63) is 33.3 Å². The lowest BCUT2D eigenvalue weighted by molar-refractivity contribution is -0.113. The molecule has 0 saturated carbocycles. The maximum absolute atomic E-state index is 10.5. The summed E-state index contributed by atoms with van der Waals surface area (Å²) < 4.78 is 0.467. The predicted molar refractivity (Wildman–Crippen MR) is 59.0 cm³/mol. The summed E-state index contributed by atoms with van der Waals surface area (Å²) in [5, 5.41) is 9.98. The Morgan fingerprint density at radius 3 is 2.79 bits per heavy atom. The highest BCUT2D eigenvalue weighted by molar-refractivity contribution is 9.10. The van der Waals surface area contributed by atoms with Crippen LogP contribution in [0.5, 0.6) is 5.75 Å². The van der Waals surface area contributed by atoms with E-state index in [2.05, 4.69) is 15.9 Å². The fraction of sp³-hybridized carbons (Fsp3) is 0. The SMILES string of the molecule is NC(=O)/C=C\c1cc(Cl)cc(Br)c1O. The first-order valence-electron chi connectivity index (χ1n) is 3.66. The first-order valence-corrected chi connectivity index (χ1v) is 4.83. The fourth-order valence-electron chi connectivity index (χ4n) is 0.885. The van der Waals surface area contributed by atoms with Crippen LogP contribution in [0.1, 0.15) is 5.56 Å². The van der Waals surface area contributed by atoms with Gasteiger partial charge in [-0.25, -0.2) is 0 Å². The molecule has 0 spiro atoms. The maximum atomic E-state index is 10.5.